The van der Waals surface area contributed by atoms with E-state index in [1.807, 2.05) is 7.05 Å². The van der Waals surface area contributed by atoms with Crippen molar-refractivity contribution >= 4 is 17.5 Å². The number of alkyl halides is 1. The fourth-order valence-corrected chi connectivity index (χ4v) is 2.94. The molecule has 3 nitrogen and oxygen atoms in total. The second-order valence-corrected chi connectivity index (χ2v) is 6.01. The van der Waals surface area contributed by atoms with Crippen molar-refractivity contribution in [3.05, 3.63) is 0 Å². The summed E-state index contributed by atoms with van der Waals surface area (Å²) in [5, 5.41) is -0.113. The molecule has 18 heavy (non-hydrogen) atoms. The Morgan fingerprint density at radius 2 is 1.94 bits per heavy atom. The lowest BCUT2D eigenvalue weighted by atomic mass is 9.96. The average molecular weight is 276 g/mol. The van der Waals surface area contributed by atoms with Crippen molar-refractivity contribution in [2.24, 2.45) is 5.92 Å². The third-order valence-corrected chi connectivity index (χ3v) is 3.95. The molecular formula is C14H26ClNO2. The molecule has 4 heteroatoms. The lowest BCUT2D eigenvalue weighted by Gasteiger charge is -2.22. The van der Waals surface area contributed by atoms with Crippen LogP contribution in [0.4, 0.5) is 0 Å². The Morgan fingerprint density at radius 1 is 1.33 bits per heavy atom. The van der Waals surface area contributed by atoms with Crippen LogP contribution in [0.25, 0.3) is 0 Å². The van der Waals surface area contributed by atoms with Crippen LogP contribution in [0.3, 0.4) is 0 Å². The molecule has 1 amide bonds. The number of carbonyl (C=O) groups is 1. The van der Waals surface area contributed by atoms with Crippen LogP contribution in [-0.4, -0.2) is 43.5 Å². The smallest absolute Gasteiger partial charge is 0.222 e. The zero-order valence-corrected chi connectivity index (χ0v) is 12.4. The van der Waals surface area contributed by atoms with E-state index in [1.165, 1.54) is 38.5 Å². The molecule has 1 aliphatic rings. The summed E-state index contributed by atoms with van der Waals surface area (Å²) >= 11 is 6.07. The molecule has 0 N–H and O–H groups in total. The van der Waals surface area contributed by atoms with E-state index in [9.17, 15) is 4.79 Å². The molecule has 106 valence electrons. The molecule has 1 saturated carbocycles. The fourth-order valence-electron chi connectivity index (χ4n) is 2.60. The van der Waals surface area contributed by atoms with Crippen molar-refractivity contribution in [1.29, 1.82) is 0 Å². The normalized spacial score (nSPS) is 19.3. The molecule has 0 saturated heterocycles. The van der Waals surface area contributed by atoms with Gasteiger partial charge in [-0.15, -0.1) is 11.6 Å². The summed E-state index contributed by atoms with van der Waals surface area (Å²) in [5.74, 6) is 0.808. The summed E-state index contributed by atoms with van der Waals surface area (Å²) in [6, 6.07) is 0. The van der Waals surface area contributed by atoms with Crippen molar-refractivity contribution in [2.75, 3.05) is 27.3 Å². The number of ether oxygens (including phenoxy) is 1. The van der Waals surface area contributed by atoms with Gasteiger partial charge in [-0.3, -0.25) is 4.79 Å². The molecule has 0 heterocycles. The molecule has 0 bridgehead atoms. The lowest BCUT2D eigenvalue weighted by Crippen LogP contribution is -2.34. The first-order valence-corrected chi connectivity index (χ1v) is 7.44. The third kappa shape index (κ3) is 6.05. The van der Waals surface area contributed by atoms with Gasteiger partial charge in [0, 0.05) is 27.1 Å². The molecular weight excluding hydrogens is 250 g/mol. The highest BCUT2D eigenvalue weighted by Crippen LogP contribution is 2.25. The highest BCUT2D eigenvalue weighted by molar-refractivity contribution is 6.21. The van der Waals surface area contributed by atoms with Gasteiger partial charge < -0.3 is 9.64 Å². The summed E-state index contributed by atoms with van der Waals surface area (Å²) in [4.78, 5) is 13.8. The Kier molecular flexibility index (Phi) is 7.68. The van der Waals surface area contributed by atoms with Gasteiger partial charge in [0.15, 0.2) is 0 Å². The van der Waals surface area contributed by atoms with E-state index >= 15 is 0 Å². The molecule has 1 fully saturated rings. The Balaban J connectivity index is 2.29. The maximum absolute atomic E-state index is 12.1. The number of hydrogen-bond acceptors (Lipinski definition) is 2. The number of halogens is 1. The van der Waals surface area contributed by atoms with Crippen LogP contribution in [0.1, 0.15) is 44.9 Å². The van der Waals surface area contributed by atoms with E-state index < -0.39 is 0 Å². The summed E-state index contributed by atoms with van der Waals surface area (Å²) in [5.41, 5.74) is 0. The second-order valence-electron chi connectivity index (χ2n) is 5.39. The fraction of sp³-hybridized carbons (Fsp3) is 0.929. The number of methoxy groups -OCH3 is 1. The minimum Gasteiger partial charge on any atom is -0.383 e. The molecule has 0 aromatic heterocycles. The highest BCUT2D eigenvalue weighted by Gasteiger charge is 2.19. The summed E-state index contributed by atoms with van der Waals surface area (Å²) < 4.78 is 4.98. The standard InChI is InChI=1S/C14H26ClNO2/c1-16(10-13(15)11-18-2)14(17)9-12-7-5-3-4-6-8-12/h12-13H,3-11H2,1-2H3. The molecule has 0 aliphatic heterocycles. The summed E-state index contributed by atoms with van der Waals surface area (Å²) in [7, 11) is 3.47. The van der Waals surface area contributed by atoms with E-state index in [4.69, 9.17) is 16.3 Å². The largest absolute Gasteiger partial charge is 0.383 e. The topological polar surface area (TPSA) is 29.5 Å². The minimum absolute atomic E-state index is 0.113. The quantitative estimate of drug-likeness (QED) is 0.551. The van der Waals surface area contributed by atoms with Gasteiger partial charge in [-0.1, -0.05) is 25.7 Å². The van der Waals surface area contributed by atoms with E-state index in [1.54, 1.807) is 12.0 Å². The Labute approximate surface area is 116 Å². The van der Waals surface area contributed by atoms with Crippen LogP contribution < -0.4 is 0 Å². The minimum atomic E-state index is -0.113. The van der Waals surface area contributed by atoms with Gasteiger partial charge in [-0.2, -0.15) is 0 Å². The van der Waals surface area contributed by atoms with Gasteiger partial charge >= 0.3 is 0 Å². The van der Waals surface area contributed by atoms with E-state index in [2.05, 4.69) is 0 Å². The van der Waals surface area contributed by atoms with Gasteiger partial charge in [0.25, 0.3) is 0 Å². The van der Waals surface area contributed by atoms with Crippen molar-refractivity contribution in [3.63, 3.8) is 0 Å². The first kappa shape index (κ1) is 15.8. The van der Waals surface area contributed by atoms with Crippen molar-refractivity contribution in [3.8, 4) is 0 Å². The predicted molar refractivity (Wildman–Crippen MR) is 75.0 cm³/mol. The van der Waals surface area contributed by atoms with Crippen molar-refractivity contribution in [1.82, 2.24) is 4.90 Å². The maximum atomic E-state index is 12.1. The zero-order chi connectivity index (χ0) is 13.4. The molecule has 0 aromatic carbocycles. The van der Waals surface area contributed by atoms with E-state index in [0.29, 0.717) is 25.5 Å². The first-order valence-electron chi connectivity index (χ1n) is 7.00. The average Bonchev–Trinajstić information content (AvgIpc) is 2.57. The predicted octanol–water partition coefficient (Wildman–Crippen LogP) is 3.06. The van der Waals surface area contributed by atoms with Gasteiger partial charge in [0.05, 0.1) is 12.0 Å². The van der Waals surface area contributed by atoms with Crippen LogP contribution in [0.5, 0.6) is 0 Å². The molecule has 0 spiro atoms. The van der Waals surface area contributed by atoms with Crippen LogP contribution in [-0.2, 0) is 9.53 Å². The first-order chi connectivity index (χ1) is 8.63. The van der Waals surface area contributed by atoms with Gasteiger partial charge in [-0.05, 0) is 18.8 Å². The highest BCUT2D eigenvalue weighted by atomic mass is 35.5. The molecule has 1 atom stereocenters. The van der Waals surface area contributed by atoms with Gasteiger partial charge in [0.1, 0.15) is 0 Å². The Morgan fingerprint density at radius 3 is 2.50 bits per heavy atom. The number of amides is 1. The summed E-state index contributed by atoms with van der Waals surface area (Å²) in [6.45, 7) is 1.06. The maximum Gasteiger partial charge on any atom is 0.222 e. The van der Waals surface area contributed by atoms with Crippen molar-refractivity contribution in [2.45, 2.75) is 50.3 Å². The molecule has 1 unspecified atom stereocenters. The van der Waals surface area contributed by atoms with Crippen LogP contribution in [0.15, 0.2) is 0 Å². The number of carbonyl (C=O) groups excluding carboxylic acids is 1. The van der Waals surface area contributed by atoms with Crippen molar-refractivity contribution < 1.29 is 9.53 Å². The summed E-state index contributed by atoms with van der Waals surface area (Å²) in [6.07, 6.45) is 8.33. The van der Waals surface area contributed by atoms with E-state index in [-0.39, 0.29) is 11.3 Å². The lowest BCUT2D eigenvalue weighted by molar-refractivity contribution is -0.131. The third-order valence-electron chi connectivity index (χ3n) is 3.68. The Hall–Kier alpha value is -0.280. The number of nitrogens with zero attached hydrogens (tertiary/aromatic N) is 1. The molecule has 0 aromatic rings. The molecule has 0 radical (unpaired) electrons. The second kappa shape index (κ2) is 8.76. The number of hydrogen-bond donors (Lipinski definition) is 0. The molecule has 1 rings (SSSR count). The van der Waals surface area contributed by atoms with Crippen LogP contribution in [0, 0.1) is 5.92 Å². The molecule has 1 aliphatic carbocycles. The SMILES string of the molecule is COCC(Cl)CN(C)C(=O)CC1CCCCCC1. The Bertz CT molecular complexity index is 240. The van der Waals surface area contributed by atoms with Crippen LogP contribution >= 0.6 is 11.6 Å². The van der Waals surface area contributed by atoms with E-state index in [0.717, 1.165) is 0 Å². The zero-order valence-electron chi connectivity index (χ0n) is 11.7. The van der Waals surface area contributed by atoms with Gasteiger partial charge in [-0.25, -0.2) is 0 Å². The van der Waals surface area contributed by atoms with Gasteiger partial charge in [0.2, 0.25) is 5.91 Å². The monoisotopic (exact) mass is 275 g/mol. The van der Waals surface area contributed by atoms with Crippen LogP contribution in [0.2, 0.25) is 0 Å². The number of rotatable bonds is 6.